The average molecular weight is 924 g/mol. The molecule has 0 bridgehead atoms. The van der Waals surface area contributed by atoms with Crippen LogP contribution >= 0.6 is 39.1 Å². The lowest BCUT2D eigenvalue weighted by Crippen LogP contribution is -2.47. The number of carbonyl (C=O) groups is 4. The largest absolute Gasteiger partial charge is 0.489 e. The first kappa shape index (κ1) is 47.3. The summed E-state index contributed by atoms with van der Waals surface area (Å²) in [6.45, 7) is 11.3. The van der Waals surface area contributed by atoms with Crippen LogP contribution in [-0.2, 0) is 22.4 Å². The van der Waals surface area contributed by atoms with Gasteiger partial charge in [0.2, 0.25) is 11.8 Å². The topological polar surface area (TPSA) is 161 Å². The third-order valence-corrected chi connectivity index (χ3v) is 10.0. The fourth-order valence-corrected chi connectivity index (χ4v) is 6.74. The molecule has 0 saturated carbocycles. The molecule has 12 nitrogen and oxygen atoms in total. The van der Waals surface area contributed by atoms with Gasteiger partial charge in [0.25, 0.3) is 11.8 Å². The van der Waals surface area contributed by atoms with E-state index in [1.807, 2.05) is 90.1 Å². The zero-order valence-electron chi connectivity index (χ0n) is 34.7. The predicted octanol–water partition coefficient (Wildman–Crippen LogP) is 8.46. The smallest absolute Gasteiger partial charge is 0.251 e. The number of nitrogens with zero attached hydrogens (tertiary/aromatic N) is 1. The number of hydrogen-bond donors (Lipinski definition) is 4. The molecule has 5 aromatic rings. The third-order valence-electron chi connectivity index (χ3n) is 8.92. The molecule has 0 aliphatic carbocycles. The van der Waals surface area contributed by atoms with Crippen LogP contribution in [0.5, 0.6) is 11.5 Å². The van der Waals surface area contributed by atoms with Crippen LogP contribution in [0.1, 0.15) is 71.0 Å². The number of carbonyl (C=O) groups excluding carboxylic acids is 4. The number of amides is 4. The highest BCUT2D eigenvalue weighted by Crippen LogP contribution is 2.29. The summed E-state index contributed by atoms with van der Waals surface area (Å²) in [6.07, 6.45) is 0.644. The lowest BCUT2D eigenvalue weighted by atomic mass is 9.99. The summed E-state index contributed by atoms with van der Waals surface area (Å²) in [5.41, 5.74) is 5.30. The summed E-state index contributed by atoms with van der Waals surface area (Å²) in [7, 11) is 3.08. The molecule has 0 radical (unpaired) electrons. The molecule has 0 aliphatic heterocycles. The van der Waals surface area contributed by atoms with Gasteiger partial charge < -0.3 is 35.3 Å². The molecule has 60 heavy (non-hydrogen) atoms. The van der Waals surface area contributed by atoms with Crippen LogP contribution in [0.4, 0.5) is 0 Å². The standard InChI is InChI=1S/C25H28ClN3O4.C20H22BrClN2O3/c1-14(2)32-22-11-10-19(13-20(22)26)24(30)28-21(25(31)27-5)12-17-6-8-18(9-7-17)23-15(3)29-33-16(23)4;1-12(2)27-18-9-6-14(11-16(18)22)19(25)24-17(20(26)23-3)10-13-4-7-15(21)8-5-13/h6-11,13-14,21H,12H2,1-5H3,(H,27,31)(H,28,30);4-9,11-12,17H,10H2,1-3H3,(H,23,26)(H,24,25). The van der Waals surface area contributed by atoms with Gasteiger partial charge in [-0.05, 0) is 107 Å². The maximum Gasteiger partial charge on any atom is 0.251 e. The normalized spacial score (nSPS) is 11.8. The van der Waals surface area contributed by atoms with Gasteiger partial charge in [-0.2, -0.15) is 0 Å². The monoisotopic (exact) mass is 921 g/mol. The number of hydrogen-bond acceptors (Lipinski definition) is 8. The van der Waals surface area contributed by atoms with Crippen LogP contribution < -0.4 is 30.7 Å². The summed E-state index contributed by atoms with van der Waals surface area (Å²) >= 11 is 15.8. The van der Waals surface area contributed by atoms with Gasteiger partial charge in [0, 0.05) is 48.1 Å². The second kappa shape index (κ2) is 22.3. The van der Waals surface area contributed by atoms with Gasteiger partial charge >= 0.3 is 0 Å². The van der Waals surface area contributed by atoms with E-state index in [4.69, 9.17) is 37.2 Å². The van der Waals surface area contributed by atoms with Crippen molar-refractivity contribution in [2.24, 2.45) is 0 Å². The Balaban J connectivity index is 0.000000270. The Morgan fingerprint density at radius 2 is 1.08 bits per heavy atom. The van der Waals surface area contributed by atoms with Crippen molar-refractivity contribution in [2.75, 3.05) is 14.1 Å². The molecule has 2 unspecified atom stereocenters. The Labute approximate surface area is 369 Å². The van der Waals surface area contributed by atoms with E-state index in [0.29, 0.717) is 45.5 Å². The summed E-state index contributed by atoms with van der Waals surface area (Å²) in [5.74, 6) is 0.443. The minimum Gasteiger partial charge on any atom is -0.489 e. The number of nitrogens with one attached hydrogen (secondary N) is 4. The van der Waals surface area contributed by atoms with Crippen LogP contribution in [-0.4, -0.2) is 67.2 Å². The van der Waals surface area contributed by atoms with Crippen LogP contribution in [0, 0.1) is 13.8 Å². The molecule has 4 amide bonds. The molecule has 318 valence electrons. The number of ether oxygens (including phenoxy) is 2. The van der Waals surface area contributed by atoms with E-state index < -0.39 is 18.0 Å². The molecule has 4 aromatic carbocycles. The number of rotatable bonds is 15. The Hall–Kier alpha value is -5.37. The zero-order chi connectivity index (χ0) is 44.1. The fourth-order valence-electron chi connectivity index (χ4n) is 6.03. The second-order valence-electron chi connectivity index (χ2n) is 14.3. The summed E-state index contributed by atoms with van der Waals surface area (Å²) in [4.78, 5) is 50.1. The van der Waals surface area contributed by atoms with Crippen molar-refractivity contribution in [1.29, 1.82) is 0 Å². The van der Waals surface area contributed by atoms with E-state index in [9.17, 15) is 19.2 Å². The van der Waals surface area contributed by atoms with Crippen molar-refractivity contribution < 1.29 is 33.2 Å². The van der Waals surface area contributed by atoms with E-state index in [-0.39, 0.29) is 29.9 Å². The fraction of sp³-hybridized carbons (Fsp3) is 0.311. The summed E-state index contributed by atoms with van der Waals surface area (Å²) in [5, 5.41) is 15.5. The molecule has 0 spiro atoms. The molecular formula is C45H50BrCl2N5O7. The molecule has 2 atom stereocenters. The Bertz CT molecular complexity index is 2240. The molecule has 15 heteroatoms. The van der Waals surface area contributed by atoms with Crippen LogP contribution in [0.2, 0.25) is 10.0 Å². The molecule has 0 aliphatic rings. The first-order valence-electron chi connectivity index (χ1n) is 19.2. The molecule has 4 N–H and O–H groups in total. The van der Waals surface area contributed by atoms with Crippen LogP contribution in [0.3, 0.4) is 0 Å². The van der Waals surface area contributed by atoms with Crippen molar-refractivity contribution in [2.45, 2.75) is 78.7 Å². The highest BCUT2D eigenvalue weighted by molar-refractivity contribution is 9.10. The van der Waals surface area contributed by atoms with Crippen LogP contribution in [0.15, 0.2) is 93.9 Å². The van der Waals surface area contributed by atoms with E-state index >= 15 is 0 Å². The Morgan fingerprint density at radius 3 is 1.43 bits per heavy atom. The average Bonchev–Trinajstić information content (AvgIpc) is 3.55. The lowest BCUT2D eigenvalue weighted by molar-refractivity contribution is -0.123. The number of benzene rings is 4. The van der Waals surface area contributed by atoms with Gasteiger partial charge in [-0.15, -0.1) is 0 Å². The quantitative estimate of drug-likeness (QED) is 0.0814. The van der Waals surface area contributed by atoms with Gasteiger partial charge in [0.15, 0.2) is 0 Å². The SMILES string of the molecule is CNC(=O)C(Cc1ccc(-c2c(C)noc2C)cc1)NC(=O)c1ccc(OC(C)C)c(Cl)c1.CNC(=O)C(Cc1ccc(Br)cc1)NC(=O)c1ccc(OC(C)C)c(Cl)c1. The van der Waals surface area contributed by atoms with E-state index in [1.165, 1.54) is 26.2 Å². The molecular weight excluding hydrogens is 873 g/mol. The molecule has 5 rings (SSSR count). The Kier molecular flexibility index (Phi) is 17.6. The second-order valence-corrected chi connectivity index (χ2v) is 16.1. The molecule has 0 fully saturated rings. The van der Waals surface area contributed by atoms with E-state index in [2.05, 4.69) is 42.4 Å². The Morgan fingerprint density at radius 1 is 0.667 bits per heavy atom. The van der Waals surface area contributed by atoms with Crippen molar-refractivity contribution in [3.05, 3.63) is 133 Å². The first-order valence-corrected chi connectivity index (χ1v) is 20.8. The predicted molar refractivity (Wildman–Crippen MR) is 238 cm³/mol. The molecule has 1 aromatic heterocycles. The van der Waals surface area contributed by atoms with Gasteiger partial charge in [0.05, 0.1) is 27.9 Å². The van der Waals surface area contributed by atoms with Gasteiger partial charge in [0.1, 0.15) is 29.3 Å². The summed E-state index contributed by atoms with van der Waals surface area (Å²) in [6, 6.07) is 23.5. The van der Waals surface area contributed by atoms with E-state index in [0.717, 1.165) is 38.2 Å². The van der Waals surface area contributed by atoms with Crippen LogP contribution in [0.25, 0.3) is 11.1 Å². The number of likely N-dealkylation sites (N-methyl/N-ethyl adjacent to an activating group) is 2. The molecule has 1 heterocycles. The maximum absolute atomic E-state index is 12.8. The number of aromatic nitrogens is 1. The first-order chi connectivity index (χ1) is 28.5. The highest BCUT2D eigenvalue weighted by Gasteiger charge is 2.23. The van der Waals surface area contributed by atoms with Crippen molar-refractivity contribution >= 4 is 62.8 Å². The van der Waals surface area contributed by atoms with Crippen molar-refractivity contribution in [3.8, 4) is 22.6 Å². The number of halogens is 3. The highest BCUT2D eigenvalue weighted by atomic mass is 79.9. The number of aryl methyl sites for hydroxylation is 2. The summed E-state index contributed by atoms with van der Waals surface area (Å²) < 4.78 is 17.4. The maximum atomic E-state index is 12.8. The zero-order valence-corrected chi connectivity index (χ0v) is 37.8. The van der Waals surface area contributed by atoms with Crippen molar-refractivity contribution in [1.82, 2.24) is 26.4 Å². The third kappa shape index (κ3) is 13.6. The van der Waals surface area contributed by atoms with Gasteiger partial charge in [-0.3, -0.25) is 19.2 Å². The lowest BCUT2D eigenvalue weighted by Gasteiger charge is -2.18. The van der Waals surface area contributed by atoms with Crippen molar-refractivity contribution in [3.63, 3.8) is 0 Å². The molecule has 0 saturated heterocycles. The van der Waals surface area contributed by atoms with E-state index in [1.54, 1.807) is 24.3 Å². The minimum atomic E-state index is -0.752. The minimum absolute atomic E-state index is 0.0225. The van der Waals surface area contributed by atoms with Gasteiger partial charge in [-0.25, -0.2) is 0 Å². The van der Waals surface area contributed by atoms with Gasteiger partial charge in [-0.1, -0.05) is 80.7 Å².